The maximum absolute atomic E-state index is 14.3. The molecule has 3 heterocycles. The van der Waals surface area contributed by atoms with Crippen molar-refractivity contribution in [3.05, 3.63) is 88.3 Å². The number of hydrogen-bond donors (Lipinski definition) is 1. The van der Waals surface area contributed by atoms with E-state index in [4.69, 9.17) is 9.84 Å². The zero-order valence-corrected chi connectivity index (χ0v) is 18.6. The van der Waals surface area contributed by atoms with Crippen LogP contribution in [-0.4, -0.2) is 27.9 Å². The van der Waals surface area contributed by atoms with Crippen LogP contribution in [0.2, 0.25) is 0 Å². The van der Waals surface area contributed by atoms with Gasteiger partial charge in [-0.3, -0.25) is 9.78 Å². The predicted molar refractivity (Wildman–Crippen MR) is 125 cm³/mol. The molecule has 2 aromatic carbocycles. The van der Waals surface area contributed by atoms with Crippen LogP contribution in [-0.2, 0) is 4.79 Å². The third-order valence-electron chi connectivity index (χ3n) is 5.05. The van der Waals surface area contributed by atoms with Gasteiger partial charge in [0, 0.05) is 35.0 Å². The molecule has 1 amide bonds. The molecule has 7 nitrogen and oxygen atoms in total. The van der Waals surface area contributed by atoms with Crippen molar-refractivity contribution in [1.82, 2.24) is 9.66 Å². The fraction of sp³-hybridized carbons (Fsp3) is 0.0833. The first-order valence-corrected chi connectivity index (χ1v) is 11.1. The second-order valence-corrected chi connectivity index (χ2v) is 8.23. The lowest BCUT2D eigenvalue weighted by Gasteiger charge is -2.18. The summed E-state index contributed by atoms with van der Waals surface area (Å²) in [4.78, 5) is 20.7. The summed E-state index contributed by atoms with van der Waals surface area (Å²) in [7, 11) is 0. The Morgan fingerprint density at radius 3 is 2.88 bits per heavy atom. The SMILES string of the molecule is CC(=Nn1c(-c2ccc3c(c2)NC(=O)CO3)csc1=Nc1ccc(F)cc1F)c1cccnc1. The minimum Gasteiger partial charge on any atom is -0.482 e. The van der Waals surface area contributed by atoms with Gasteiger partial charge >= 0.3 is 0 Å². The number of carbonyl (C=O) groups is 1. The third kappa shape index (κ3) is 4.35. The molecule has 0 fully saturated rings. The molecule has 170 valence electrons. The van der Waals surface area contributed by atoms with E-state index in [1.165, 1.54) is 17.4 Å². The number of carbonyl (C=O) groups excluding carboxylic acids is 1. The second-order valence-electron chi connectivity index (χ2n) is 7.40. The van der Waals surface area contributed by atoms with Crippen molar-refractivity contribution in [2.45, 2.75) is 6.92 Å². The summed E-state index contributed by atoms with van der Waals surface area (Å²) in [6, 6.07) is 12.3. The molecule has 2 aromatic heterocycles. The van der Waals surface area contributed by atoms with Crippen molar-refractivity contribution in [2.24, 2.45) is 10.1 Å². The van der Waals surface area contributed by atoms with Gasteiger partial charge in [-0.25, -0.2) is 18.4 Å². The first kappa shape index (κ1) is 21.7. The van der Waals surface area contributed by atoms with E-state index < -0.39 is 11.6 Å². The zero-order valence-electron chi connectivity index (χ0n) is 17.8. The summed E-state index contributed by atoms with van der Waals surface area (Å²) in [5.41, 5.74) is 3.40. The molecule has 0 spiro atoms. The van der Waals surface area contributed by atoms with Crippen LogP contribution in [0.5, 0.6) is 5.75 Å². The van der Waals surface area contributed by atoms with Crippen molar-refractivity contribution in [3.8, 4) is 17.0 Å². The number of thiazole rings is 1. The van der Waals surface area contributed by atoms with Crippen molar-refractivity contribution in [3.63, 3.8) is 0 Å². The largest absolute Gasteiger partial charge is 0.482 e. The predicted octanol–water partition coefficient (Wildman–Crippen LogP) is 4.73. The number of aromatic nitrogens is 2. The summed E-state index contributed by atoms with van der Waals surface area (Å²) in [6.45, 7) is 1.79. The zero-order chi connectivity index (χ0) is 23.7. The van der Waals surface area contributed by atoms with Crippen molar-refractivity contribution in [2.75, 3.05) is 11.9 Å². The summed E-state index contributed by atoms with van der Waals surface area (Å²) in [5, 5.41) is 9.35. The highest BCUT2D eigenvalue weighted by Crippen LogP contribution is 2.33. The van der Waals surface area contributed by atoms with Crippen LogP contribution in [0.15, 0.2) is 76.4 Å². The van der Waals surface area contributed by atoms with Gasteiger partial charge in [-0.1, -0.05) is 6.07 Å². The second kappa shape index (κ2) is 8.99. The number of nitrogens with one attached hydrogen (secondary N) is 1. The van der Waals surface area contributed by atoms with Crippen LogP contribution in [0.3, 0.4) is 0 Å². The van der Waals surface area contributed by atoms with Crippen LogP contribution in [0.1, 0.15) is 12.5 Å². The minimum atomic E-state index is -0.775. The molecule has 5 rings (SSSR count). The van der Waals surface area contributed by atoms with Crippen LogP contribution in [0, 0.1) is 11.6 Å². The van der Waals surface area contributed by atoms with Gasteiger partial charge in [-0.15, -0.1) is 11.3 Å². The van der Waals surface area contributed by atoms with E-state index in [2.05, 4.69) is 15.3 Å². The maximum atomic E-state index is 14.3. The Morgan fingerprint density at radius 2 is 2.09 bits per heavy atom. The van der Waals surface area contributed by atoms with Gasteiger partial charge in [0.05, 0.1) is 17.1 Å². The Bertz CT molecular complexity index is 1490. The molecule has 0 radical (unpaired) electrons. The maximum Gasteiger partial charge on any atom is 0.262 e. The number of benzene rings is 2. The standard InChI is InChI=1S/C24H17F2N5O2S/c1-14(16-3-2-8-27-11-16)30-31-21(15-4-7-22-20(9-15)28-23(32)12-33-22)13-34-24(31)29-19-6-5-17(25)10-18(19)26/h2-11,13H,12H2,1H3,(H,28,32). The van der Waals surface area contributed by atoms with E-state index >= 15 is 0 Å². The van der Waals surface area contributed by atoms with Gasteiger partial charge in [0.1, 0.15) is 17.3 Å². The first-order valence-electron chi connectivity index (χ1n) is 10.2. The van der Waals surface area contributed by atoms with E-state index in [1.807, 2.05) is 24.4 Å². The fourth-order valence-corrected chi connectivity index (χ4v) is 4.22. The molecule has 34 heavy (non-hydrogen) atoms. The lowest BCUT2D eigenvalue weighted by Crippen LogP contribution is -2.25. The molecule has 0 atom stereocenters. The Balaban J connectivity index is 1.68. The normalized spacial score (nSPS) is 13.9. The molecule has 10 heteroatoms. The fourth-order valence-electron chi connectivity index (χ4n) is 3.37. The number of amides is 1. The summed E-state index contributed by atoms with van der Waals surface area (Å²) < 4.78 is 34.7. The van der Waals surface area contributed by atoms with Crippen molar-refractivity contribution in [1.29, 1.82) is 0 Å². The van der Waals surface area contributed by atoms with Crippen LogP contribution >= 0.6 is 11.3 Å². The molecule has 0 saturated carbocycles. The van der Waals surface area contributed by atoms with Gasteiger partial charge in [-0.2, -0.15) is 5.10 Å². The quantitative estimate of drug-likeness (QED) is 0.432. The molecule has 0 bridgehead atoms. The number of rotatable bonds is 4. The number of fused-ring (bicyclic) bond motifs is 1. The third-order valence-corrected chi connectivity index (χ3v) is 5.86. The van der Waals surface area contributed by atoms with E-state index in [9.17, 15) is 13.6 Å². The number of hydrogen-bond acceptors (Lipinski definition) is 6. The Hall–Kier alpha value is -4.18. The highest BCUT2D eigenvalue weighted by atomic mass is 32.1. The number of anilines is 1. The Kier molecular flexibility index (Phi) is 5.72. The van der Waals surface area contributed by atoms with Crippen molar-refractivity contribution >= 4 is 34.3 Å². The van der Waals surface area contributed by atoms with Gasteiger partial charge in [0.2, 0.25) is 4.80 Å². The molecule has 1 aliphatic rings. The summed E-state index contributed by atoms with van der Waals surface area (Å²) in [6.07, 6.45) is 3.36. The van der Waals surface area contributed by atoms with Gasteiger partial charge in [-0.05, 0) is 43.3 Å². The van der Waals surface area contributed by atoms with Gasteiger partial charge in [0.15, 0.2) is 12.4 Å². The smallest absolute Gasteiger partial charge is 0.262 e. The highest BCUT2D eigenvalue weighted by Gasteiger charge is 2.18. The van der Waals surface area contributed by atoms with E-state index in [0.29, 0.717) is 27.6 Å². The lowest BCUT2D eigenvalue weighted by atomic mass is 10.1. The minimum absolute atomic E-state index is 0.0103. The lowest BCUT2D eigenvalue weighted by molar-refractivity contribution is -0.118. The topological polar surface area (TPSA) is 80.9 Å². The Morgan fingerprint density at radius 1 is 1.21 bits per heavy atom. The van der Waals surface area contributed by atoms with Gasteiger partial charge < -0.3 is 10.1 Å². The molecular weight excluding hydrogens is 460 g/mol. The number of ether oxygens (including phenoxy) is 1. The average molecular weight is 477 g/mol. The molecule has 1 aliphatic heterocycles. The molecule has 1 N–H and O–H groups in total. The molecular formula is C24H17F2N5O2S. The first-order chi connectivity index (χ1) is 16.5. The average Bonchev–Trinajstić information content (AvgIpc) is 3.22. The molecule has 4 aromatic rings. The number of pyridine rings is 1. The highest BCUT2D eigenvalue weighted by molar-refractivity contribution is 7.07. The Labute approximate surface area is 196 Å². The van der Waals surface area contributed by atoms with Gasteiger partial charge in [0.25, 0.3) is 5.91 Å². The van der Waals surface area contributed by atoms with E-state index in [0.717, 1.165) is 23.3 Å². The molecule has 0 unspecified atom stereocenters. The molecule has 0 saturated heterocycles. The summed E-state index contributed by atoms with van der Waals surface area (Å²) >= 11 is 1.25. The number of halogens is 2. The van der Waals surface area contributed by atoms with Crippen LogP contribution in [0.25, 0.3) is 11.3 Å². The summed E-state index contributed by atoms with van der Waals surface area (Å²) in [5.74, 6) is -1.13. The van der Waals surface area contributed by atoms with E-state index in [1.54, 1.807) is 35.3 Å². The van der Waals surface area contributed by atoms with Crippen LogP contribution < -0.4 is 14.9 Å². The van der Waals surface area contributed by atoms with E-state index in [-0.39, 0.29) is 18.2 Å². The molecule has 0 aliphatic carbocycles. The number of nitrogens with zero attached hydrogens (tertiary/aromatic N) is 4. The monoisotopic (exact) mass is 477 g/mol. The van der Waals surface area contributed by atoms with Crippen molar-refractivity contribution < 1.29 is 18.3 Å². The van der Waals surface area contributed by atoms with Crippen LogP contribution in [0.4, 0.5) is 20.2 Å².